The minimum absolute atomic E-state index is 0.603. The molecule has 0 aromatic carbocycles. The first kappa shape index (κ1) is 14.9. The molecular weight excluding hydrogens is 184 g/mol. The highest BCUT2D eigenvalue weighted by Gasteiger charge is 2.10. The van der Waals surface area contributed by atoms with Crippen LogP contribution in [-0.2, 0) is 0 Å². The molecule has 2 heteroatoms. The van der Waals surface area contributed by atoms with Gasteiger partial charge in [-0.1, -0.05) is 46.0 Å². The SMILES string of the molecule is CCCCCCCC(CN)N(C)CCC. The van der Waals surface area contributed by atoms with Gasteiger partial charge in [0.05, 0.1) is 0 Å². The second kappa shape index (κ2) is 10.4. The zero-order chi connectivity index (χ0) is 11.5. The smallest absolute Gasteiger partial charge is 0.0215 e. The predicted octanol–water partition coefficient (Wildman–Crippen LogP) is 3.02. The largest absolute Gasteiger partial charge is 0.329 e. The maximum atomic E-state index is 5.80. The first-order valence-electron chi connectivity index (χ1n) is 6.66. The maximum Gasteiger partial charge on any atom is 0.0215 e. The van der Waals surface area contributed by atoms with E-state index in [0.29, 0.717) is 6.04 Å². The predicted molar refractivity (Wildman–Crippen MR) is 69.1 cm³/mol. The van der Waals surface area contributed by atoms with E-state index < -0.39 is 0 Å². The third-order valence-corrected chi connectivity index (χ3v) is 3.11. The van der Waals surface area contributed by atoms with E-state index in [1.807, 2.05) is 0 Å². The van der Waals surface area contributed by atoms with Crippen LogP contribution in [0.2, 0.25) is 0 Å². The van der Waals surface area contributed by atoms with Crippen LogP contribution in [0.4, 0.5) is 0 Å². The van der Waals surface area contributed by atoms with E-state index in [4.69, 9.17) is 5.73 Å². The molecule has 0 saturated heterocycles. The molecule has 0 aromatic heterocycles. The molecule has 0 fully saturated rings. The van der Waals surface area contributed by atoms with E-state index >= 15 is 0 Å². The van der Waals surface area contributed by atoms with E-state index in [1.54, 1.807) is 0 Å². The molecule has 0 amide bonds. The van der Waals surface area contributed by atoms with Crippen molar-refractivity contribution in [2.24, 2.45) is 5.73 Å². The fourth-order valence-electron chi connectivity index (χ4n) is 2.04. The number of nitrogens with two attached hydrogens (primary N) is 1. The Labute approximate surface area is 96.2 Å². The molecule has 0 aliphatic rings. The van der Waals surface area contributed by atoms with E-state index in [-0.39, 0.29) is 0 Å². The zero-order valence-corrected chi connectivity index (χ0v) is 11.0. The monoisotopic (exact) mass is 214 g/mol. The van der Waals surface area contributed by atoms with Gasteiger partial charge in [0.1, 0.15) is 0 Å². The minimum atomic E-state index is 0.603. The summed E-state index contributed by atoms with van der Waals surface area (Å²) < 4.78 is 0. The van der Waals surface area contributed by atoms with Crippen molar-refractivity contribution in [3.05, 3.63) is 0 Å². The molecule has 0 aliphatic carbocycles. The highest BCUT2D eigenvalue weighted by Crippen LogP contribution is 2.10. The molecule has 0 heterocycles. The molecule has 0 radical (unpaired) electrons. The summed E-state index contributed by atoms with van der Waals surface area (Å²) in [7, 11) is 2.20. The van der Waals surface area contributed by atoms with Crippen LogP contribution in [0.15, 0.2) is 0 Å². The Balaban J connectivity index is 3.51. The molecule has 2 nitrogen and oxygen atoms in total. The Hall–Kier alpha value is -0.0800. The van der Waals surface area contributed by atoms with Crippen molar-refractivity contribution in [2.45, 2.75) is 64.8 Å². The number of hydrogen-bond acceptors (Lipinski definition) is 2. The van der Waals surface area contributed by atoms with Gasteiger partial charge in [-0.3, -0.25) is 0 Å². The van der Waals surface area contributed by atoms with Gasteiger partial charge in [-0.15, -0.1) is 0 Å². The van der Waals surface area contributed by atoms with Crippen molar-refractivity contribution >= 4 is 0 Å². The molecule has 1 atom stereocenters. The Morgan fingerprint density at radius 1 is 1.00 bits per heavy atom. The third kappa shape index (κ3) is 7.80. The first-order valence-corrected chi connectivity index (χ1v) is 6.66. The summed E-state index contributed by atoms with van der Waals surface area (Å²) in [6.45, 7) is 6.48. The summed E-state index contributed by atoms with van der Waals surface area (Å²) in [6.07, 6.45) is 9.33. The van der Waals surface area contributed by atoms with Gasteiger partial charge in [0, 0.05) is 12.6 Å². The lowest BCUT2D eigenvalue weighted by Gasteiger charge is -2.26. The summed E-state index contributed by atoms with van der Waals surface area (Å²) in [5.41, 5.74) is 5.80. The molecule has 2 N–H and O–H groups in total. The molecule has 0 saturated carbocycles. The maximum absolute atomic E-state index is 5.80. The molecule has 0 aromatic rings. The van der Waals surface area contributed by atoms with E-state index in [2.05, 4.69) is 25.8 Å². The highest BCUT2D eigenvalue weighted by molar-refractivity contribution is 4.69. The van der Waals surface area contributed by atoms with Crippen molar-refractivity contribution in [2.75, 3.05) is 20.1 Å². The van der Waals surface area contributed by atoms with Gasteiger partial charge in [-0.2, -0.15) is 0 Å². The average molecular weight is 214 g/mol. The Morgan fingerprint density at radius 2 is 1.67 bits per heavy atom. The highest BCUT2D eigenvalue weighted by atomic mass is 15.1. The lowest BCUT2D eigenvalue weighted by Crippen LogP contribution is -2.38. The molecule has 92 valence electrons. The zero-order valence-electron chi connectivity index (χ0n) is 11.0. The standard InChI is InChI=1S/C13H30N2/c1-4-6-7-8-9-10-13(12-14)15(3)11-5-2/h13H,4-12,14H2,1-3H3. The second-order valence-corrected chi connectivity index (χ2v) is 4.57. The first-order chi connectivity index (χ1) is 7.26. The van der Waals surface area contributed by atoms with Crippen LogP contribution in [0, 0.1) is 0 Å². The van der Waals surface area contributed by atoms with Crippen molar-refractivity contribution < 1.29 is 0 Å². The Morgan fingerprint density at radius 3 is 2.20 bits per heavy atom. The van der Waals surface area contributed by atoms with Gasteiger partial charge in [0.15, 0.2) is 0 Å². The molecule has 15 heavy (non-hydrogen) atoms. The van der Waals surface area contributed by atoms with Crippen LogP contribution in [0.1, 0.15) is 58.8 Å². The fourth-order valence-corrected chi connectivity index (χ4v) is 2.04. The van der Waals surface area contributed by atoms with E-state index in [0.717, 1.165) is 6.54 Å². The summed E-state index contributed by atoms with van der Waals surface area (Å²) in [4.78, 5) is 2.42. The lowest BCUT2D eigenvalue weighted by molar-refractivity contribution is 0.231. The molecule has 0 rings (SSSR count). The molecular formula is C13H30N2. The Bertz CT molecular complexity index is 126. The molecule has 0 bridgehead atoms. The summed E-state index contributed by atoms with van der Waals surface area (Å²) in [6, 6.07) is 0.603. The minimum Gasteiger partial charge on any atom is -0.329 e. The van der Waals surface area contributed by atoms with Crippen LogP contribution in [-0.4, -0.2) is 31.1 Å². The van der Waals surface area contributed by atoms with E-state index in [9.17, 15) is 0 Å². The van der Waals surface area contributed by atoms with Gasteiger partial charge >= 0.3 is 0 Å². The van der Waals surface area contributed by atoms with Crippen LogP contribution < -0.4 is 5.73 Å². The fraction of sp³-hybridized carbons (Fsp3) is 1.00. The number of hydrogen-bond donors (Lipinski definition) is 1. The van der Waals surface area contributed by atoms with Gasteiger partial charge in [0.2, 0.25) is 0 Å². The van der Waals surface area contributed by atoms with Gasteiger partial charge in [-0.25, -0.2) is 0 Å². The van der Waals surface area contributed by atoms with Crippen molar-refractivity contribution in [1.29, 1.82) is 0 Å². The molecule has 0 spiro atoms. The lowest BCUT2D eigenvalue weighted by atomic mass is 10.1. The van der Waals surface area contributed by atoms with Gasteiger partial charge < -0.3 is 10.6 Å². The normalized spacial score (nSPS) is 13.4. The number of rotatable bonds is 10. The van der Waals surface area contributed by atoms with Crippen LogP contribution in [0.5, 0.6) is 0 Å². The summed E-state index contributed by atoms with van der Waals surface area (Å²) in [5, 5.41) is 0. The van der Waals surface area contributed by atoms with Crippen molar-refractivity contribution in [1.82, 2.24) is 4.90 Å². The van der Waals surface area contributed by atoms with E-state index in [1.165, 1.54) is 51.5 Å². The summed E-state index contributed by atoms with van der Waals surface area (Å²) in [5.74, 6) is 0. The van der Waals surface area contributed by atoms with Gasteiger partial charge in [-0.05, 0) is 26.4 Å². The van der Waals surface area contributed by atoms with Gasteiger partial charge in [0.25, 0.3) is 0 Å². The van der Waals surface area contributed by atoms with Crippen LogP contribution in [0.25, 0.3) is 0 Å². The topological polar surface area (TPSA) is 29.3 Å². The number of unbranched alkanes of at least 4 members (excludes halogenated alkanes) is 4. The van der Waals surface area contributed by atoms with Crippen molar-refractivity contribution in [3.63, 3.8) is 0 Å². The molecule has 1 unspecified atom stereocenters. The number of nitrogens with zero attached hydrogens (tertiary/aromatic N) is 1. The van der Waals surface area contributed by atoms with Crippen LogP contribution in [0.3, 0.4) is 0 Å². The Kier molecular flexibility index (Phi) is 10.4. The summed E-state index contributed by atoms with van der Waals surface area (Å²) >= 11 is 0. The second-order valence-electron chi connectivity index (χ2n) is 4.57. The molecule has 0 aliphatic heterocycles. The number of likely N-dealkylation sites (N-methyl/N-ethyl adjacent to an activating group) is 1. The van der Waals surface area contributed by atoms with Crippen molar-refractivity contribution in [3.8, 4) is 0 Å². The average Bonchev–Trinajstić information content (AvgIpc) is 2.23. The third-order valence-electron chi connectivity index (χ3n) is 3.11. The quantitative estimate of drug-likeness (QED) is 0.566. The van der Waals surface area contributed by atoms with Crippen LogP contribution >= 0.6 is 0 Å².